The summed E-state index contributed by atoms with van der Waals surface area (Å²) < 4.78 is 11.8. The molecule has 3 rings (SSSR count). The predicted octanol–water partition coefficient (Wildman–Crippen LogP) is 1.31. The average molecular weight is 356 g/mol. The minimum atomic E-state index is -0.738. The number of anilines is 1. The second kappa shape index (κ2) is 7.05. The Morgan fingerprint density at radius 1 is 1.38 bits per heavy atom. The number of hydrogen-bond donors (Lipinski definition) is 2. The first-order chi connectivity index (χ1) is 12.5. The van der Waals surface area contributed by atoms with Crippen molar-refractivity contribution in [1.29, 1.82) is 0 Å². The third-order valence-electron chi connectivity index (χ3n) is 3.50. The fourth-order valence-electron chi connectivity index (χ4n) is 2.18. The average Bonchev–Trinajstić information content (AvgIpc) is 3.29. The third kappa shape index (κ3) is 3.38. The molecule has 0 fully saturated rings. The lowest BCUT2D eigenvalue weighted by Gasteiger charge is -2.00. The molecule has 0 aliphatic carbocycles. The number of pyridine rings is 1. The van der Waals surface area contributed by atoms with E-state index >= 15 is 0 Å². The molecule has 0 spiro atoms. The maximum Gasteiger partial charge on any atom is 0.277 e. The second-order valence-electron chi connectivity index (χ2n) is 5.19. The number of carbonyl (C=O) groups excluding carboxylic acids is 2. The molecule has 10 nitrogen and oxygen atoms in total. The number of nitrogens with zero attached hydrogens (tertiary/aromatic N) is 4. The number of nitrogens with two attached hydrogens (primary N) is 1. The molecule has 134 valence electrons. The SMILES string of the molecule is CCn1cc(NC(=O)c2coc(-c3ccc(OC)nc3)n2)c(C(N)=O)n1. The van der Waals surface area contributed by atoms with Crippen LogP contribution < -0.4 is 15.8 Å². The number of ether oxygens (including phenoxy) is 1. The number of rotatable bonds is 6. The van der Waals surface area contributed by atoms with Crippen LogP contribution >= 0.6 is 0 Å². The quantitative estimate of drug-likeness (QED) is 0.679. The van der Waals surface area contributed by atoms with E-state index in [1.807, 2.05) is 6.92 Å². The highest BCUT2D eigenvalue weighted by Gasteiger charge is 2.19. The van der Waals surface area contributed by atoms with Crippen molar-refractivity contribution in [3.05, 3.63) is 42.2 Å². The van der Waals surface area contributed by atoms with Crippen molar-refractivity contribution in [3.8, 4) is 17.3 Å². The van der Waals surface area contributed by atoms with Gasteiger partial charge in [0.1, 0.15) is 6.26 Å². The number of amides is 2. The molecule has 0 aliphatic heterocycles. The Balaban J connectivity index is 1.80. The lowest BCUT2D eigenvalue weighted by atomic mass is 10.3. The van der Waals surface area contributed by atoms with Crippen LogP contribution in [0.2, 0.25) is 0 Å². The van der Waals surface area contributed by atoms with Crippen LogP contribution in [0.1, 0.15) is 27.9 Å². The van der Waals surface area contributed by atoms with Gasteiger partial charge in [-0.3, -0.25) is 14.3 Å². The molecule has 26 heavy (non-hydrogen) atoms. The standard InChI is InChI=1S/C16H16N6O4/c1-3-22-7-10(13(21-22)14(17)23)19-15(24)11-8-26-16(20-11)9-4-5-12(25-2)18-6-9/h4-8H,3H2,1-2H3,(H2,17,23)(H,19,24). The Morgan fingerprint density at radius 3 is 2.81 bits per heavy atom. The van der Waals surface area contributed by atoms with E-state index in [-0.39, 0.29) is 23.0 Å². The molecule has 0 aliphatic rings. The number of aryl methyl sites for hydroxylation is 1. The first-order valence-electron chi connectivity index (χ1n) is 7.66. The van der Waals surface area contributed by atoms with Gasteiger partial charge in [-0.05, 0) is 13.0 Å². The fraction of sp³-hybridized carbons (Fsp3) is 0.188. The summed E-state index contributed by atoms with van der Waals surface area (Å²) in [7, 11) is 1.51. The van der Waals surface area contributed by atoms with Gasteiger partial charge in [0.15, 0.2) is 11.4 Å². The van der Waals surface area contributed by atoms with E-state index in [9.17, 15) is 9.59 Å². The zero-order chi connectivity index (χ0) is 18.7. The maximum atomic E-state index is 12.4. The molecule has 3 N–H and O–H groups in total. The van der Waals surface area contributed by atoms with E-state index in [4.69, 9.17) is 14.9 Å². The highest BCUT2D eigenvalue weighted by molar-refractivity contribution is 6.07. The van der Waals surface area contributed by atoms with E-state index < -0.39 is 11.8 Å². The highest BCUT2D eigenvalue weighted by atomic mass is 16.5. The van der Waals surface area contributed by atoms with Crippen molar-refractivity contribution in [1.82, 2.24) is 19.7 Å². The van der Waals surface area contributed by atoms with Gasteiger partial charge >= 0.3 is 0 Å². The van der Waals surface area contributed by atoms with E-state index in [2.05, 4.69) is 20.4 Å². The summed E-state index contributed by atoms with van der Waals surface area (Å²) >= 11 is 0. The predicted molar refractivity (Wildman–Crippen MR) is 90.7 cm³/mol. The largest absolute Gasteiger partial charge is 0.481 e. The summed E-state index contributed by atoms with van der Waals surface area (Å²) in [5.41, 5.74) is 6.09. The smallest absolute Gasteiger partial charge is 0.277 e. The molecule has 0 saturated carbocycles. The van der Waals surface area contributed by atoms with Gasteiger partial charge in [0.25, 0.3) is 11.8 Å². The number of hydrogen-bond acceptors (Lipinski definition) is 7. The molecule has 0 atom stereocenters. The molecule has 0 bridgehead atoms. The van der Waals surface area contributed by atoms with Gasteiger partial charge in [0.05, 0.1) is 18.4 Å². The summed E-state index contributed by atoms with van der Waals surface area (Å²) in [6.07, 6.45) is 4.25. The van der Waals surface area contributed by atoms with Crippen molar-refractivity contribution in [3.63, 3.8) is 0 Å². The van der Waals surface area contributed by atoms with E-state index in [1.165, 1.54) is 30.4 Å². The fourth-order valence-corrected chi connectivity index (χ4v) is 2.18. The summed E-state index contributed by atoms with van der Waals surface area (Å²) in [5, 5.41) is 6.57. The number of primary amides is 1. The van der Waals surface area contributed by atoms with Crippen molar-refractivity contribution >= 4 is 17.5 Å². The zero-order valence-electron chi connectivity index (χ0n) is 14.1. The Bertz CT molecular complexity index is 944. The molecule has 0 unspecified atom stereocenters. The van der Waals surface area contributed by atoms with Crippen molar-refractivity contribution in [2.75, 3.05) is 12.4 Å². The molecular formula is C16H16N6O4. The van der Waals surface area contributed by atoms with Crippen molar-refractivity contribution in [2.24, 2.45) is 5.73 Å². The van der Waals surface area contributed by atoms with Crippen LogP contribution in [0.3, 0.4) is 0 Å². The van der Waals surface area contributed by atoms with E-state index in [0.29, 0.717) is 18.0 Å². The molecule has 10 heteroatoms. The lowest BCUT2D eigenvalue weighted by molar-refractivity contribution is 0.0995. The number of methoxy groups -OCH3 is 1. The van der Waals surface area contributed by atoms with E-state index in [1.54, 1.807) is 12.1 Å². The highest BCUT2D eigenvalue weighted by Crippen LogP contribution is 2.21. The van der Waals surface area contributed by atoms with Gasteiger partial charge in [-0.15, -0.1) is 0 Å². The van der Waals surface area contributed by atoms with Crippen LogP contribution in [-0.2, 0) is 6.54 Å². The zero-order valence-corrected chi connectivity index (χ0v) is 14.1. The van der Waals surface area contributed by atoms with Crippen LogP contribution in [0.25, 0.3) is 11.5 Å². The number of oxazole rings is 1. The molecular weight excluding hydrogens is 340 g/mol. The number of nitrogens with one attached hydrogen (secondary N) is 1. The maximum absolute atomic E-state index is 12.4. The van der Waals surface area contributed by atoms with Crippen LogP contribution in [-0.4, -0.2) is 38.7 Å². The lowest BCUT2D eigenvalue weighted by Crippen LogP contribution is -2.18. The second-order valence-corrected chi connectivity index (χ2v) is 5.19. The molecule has 0 saturated heterocycles. The van der Waals surface area contributed by atoms with Gasteiger partial charge in [0.2, 0.25) is 11.8 Å². The van der Waals surface area contributed by atoms with Crippen molar-refractivity contribution < 1.29 is 18.7 Å². The van der Waals surface area contributed by atoms with E-state index in [0.717, 1.165) is 0 Å². The van der Waals surface area contributed by atoms with Gasteiger partial charge in [0, 0.05) is 25.0 Å². The summed E-state index contributed by atoms with van der Waals surface area (Å²) in [5.74, 6) is -0.618. The first-order valence-corrected chi connectivity index (χ1v) is 7.66. The van der Waals surface area contributed by atoms with Crippen LogP contribution in [0.5, 0.6) is 5.88 Å². The van der Waals surface area contributed by atoms with Gasteiger partial charge < -0.3 is 20.2 Å². The van der Waals surface area contributed by atoms with Gasteiger partial charge in [-0.1, -0.05) is 0 Å². The Hall–Kier alpha value is -3.69. The third-order valence-corrected chi connectivity index (χ3v) is 3.50. The van der Waals surface area contributed by atoms with Crippen molar-refractivity contribution in [2.45, 2.75) is 13.5 Å². The summed E-state index contributed by atoms with van der Waals surface area (Å²) in [6, 6.07) is 3.35. The van der Waals surface area contributed by atoms with Gasteiger partial charge in [-0.2, -0.15) is 5.10 Å². The monoisotopic (exact) mass is 356 g/mol. The van der Waals surface area contributed by atoms with Crippen LogP contribution in [0.15, 0.2) is 35.2 Å². The molecule has 0 radical (unpaired) electrons. The molecule has 3 aromatic rings. The Labute approximate surface area is 148 Å². The normalized spacial score (nSPS) is 10.5. The van der Waals surface area contributed by atoms with Crippen LogP contribution in [0.4, 0.5) is 5.69 Å². The topological polar surface area (TPSA) is 138 Å². The minimum Gasteiger partial charge on any atom is -0.481 e. The Kier molecular flexibility index (Phi) is 4.65. The first kappa shape index (κ1) is 17.1. The minimum absolute atomic E-state index is 0.0247. The molecule has 0 aromatic carbocycles. The molecule has 3 heterocycles. The summed E-state index contributed by atoms with van der Waals surface area (Å²) in [4.78, 5) is 32.0. The Morgan fingerprint density at radius 2 is 2.19 bits per heavy atom. The summed E-state index contributed by atoms with van der Waals surface area (Å²) in [6.45, 7) is 2.37. The number of carbonyl (C=O) groups is 2. The van der Waals surface area contributed by atoms with Crippen LogP contribution in [0, 0.1) is 0 Å². The van der Waals surface area contributed by atoms with Gasteiger partial charge in [-0.25, -0.2) is 9.97 Å². The number of aromatic nitrogens is 4. The molecule has 2 amide bonds. The molecule has 3 aromatic heterocycles.